The maximum absolute atomic E-state index is 12.0. The molecule has 2 amide bonds. The third-order valence-corrected chi connectivity index (χ3v) is 4.47. The quantitative estimate of drug-likeness (QED) is 0.458. The highest BCUT2D eigenvalue weighted by Gasteiger charge is 2.22. The normalized spacial score (nSPS) is 10.9. The van der Waals surface area contributed by atoms with E-state index >= 15 is 0 Å². The molecule has 0 fully saturated rings. The van der Waals surface area contributed by atoms with Crippen molar-refractivity contribution in [1.82, 2.24) is 20.2 Å². The van der Waals surface area contributed by atoms with Crippen LogP contribution in [0.5, 0.6) is 0 Å². The molecule has 3 heterocycles. The number of methoxy groups -OCH3 is 1. The number of carbonyl (C=O) groups excluding carboxylic acids is 2. The van der Waals surface area contributed by atoms with Gasteiger partial charge in [-0.25, -0.2) is 14.6 Å². The van der Waals surface area contributed by atoms with E-state index in [1.54, 1.807) is 43.6 Å². The fourth-order valence-electron chi connectivity index (χ4n) is 2.65. The Morgan fingerprint density at radius 2 is 1.82 bits per heavy atom. The molecule has 0 bridgehead atoms. The Morgan fingerprint density at radius 1 is 1.03 bits per heavy atom. The lowest BCUT2D eigenvalue weighted by atomic mass is 10.0. The van der Waals surface area contributed by atoms with Gasteiger partial charge in [-0.2, -0.15) is 10.2 Å². The number of carbonyl (C=O) groups is 2. The number of rotatable bonds is 5. The number of nitrogens with zero attached hydrogens (tertiary/aromatic N) is 4. The molecule has 3 aromatic rings. The van der Waals surface area contributed by atoms with E-state index in [2.05, 4.69) is 35.5 Å². The zero-order chi connectivity index (χ0) is 24.0. The second-order valence-corrected chi connectivity index (χ2v) is 9.07. The van der Waals surface area contributed by atoms with E-state index in [-0.39, 0.29) is 0 Å². The number of hydrogen-bond acceptors (Lipinski definition) is 8. The van der Waals surface area contributed by atoms with Crippen LogP contribution in [0.2, 0.25) is 0 Å². The van der Waals surface area contributed by atoms with Gasteiger partial charge in [0.25, 0.3) is 0 Å². The van der Waals surface area contributed by atoms with E-state index in [0.717, 1.165) is 11.1 Å². The molecule has 2 N–H and O–H groups in total. The lowest BCUT2D eigenvalue weighted by molar-refractivity contribution is 0.164. The molecule has 0 radical (unpaired) electrons. The molecule has 0 aliphatic carbocycles. The monoisotopic (exact) mass is 510 g/mol. The van der Waals surface area contributed by atoms with Crippen molar-refractivity contribution in [2.45, 2.75) is 10.7 Å². The Hall–Kier alpha value is -3.21. The average molecular weight is 512 g/mol. The number of anilines is 2. The number of halogens is 3. The van der Waals surface area contributed by atoms with Gasteiger partial charge >= 0.3 is 12.2 Å². The highest BCUT2D eigenvalue weighted by Crippen LogP contribution is 2.28. The van der Waals surface area contributed by atoms with Gasteiger partial charge in [-0.3, -0.25) is 15.6 Å². The number of hydrogen-bond donors (Lipinski definition) is 2. The zero-order valence-corrected chi connectivity index (χ0v) is 19.6. The van der Waals surface area contributed by atoms with E-state index in [1.807, 2.05) is 0 Å². The van der Waals surface area contributed by atoms with Crippen LogP contribution < -0.4 is 10.6 Å². The van der Waals surface area contributed by atoms with Crippen LogP contribution in [-0.2, 0) is 9.47 Å². The van der Waals surface area contributed by atoms with Crippen molar-refractivity contribution in [2.75, 3.05) is 24.4 Å². The molecule has 10 nitrogen and oxygen atoms in total. The summed E-state index contributed by atoms with van der Waals surface area (Å²) >= 11 is 16.7. The van der Waals surface area contributed by atoms with Gasteiger partial charge in [-0.05, 0) is 36.8 Å². The summed E-state index contributed by atoms with van der Waals surface area (Å²) in [6.45, 7) is 1.38. The SMILES string of the molecule is COC(=O)Nc1cc(-c2cnnc(-c3cc(NC(=O)OCC(Cl)(Cl)Cl)cnc3C)c2)ccn1. The first kappa shape index (κ1) is 24.4. The number of nitrogens with one attached hydrogen (secondary N) is 2. The third-order valence-electron chi connectivity index (χ3n) is 4.14. The fourth-order valence-corrected chi connectivity index (χ4v) is 2.82. The molecule has 13 heteroatoms. The predicted molar refractivity (Wildman–Crippen MR) is 125 cm³/mol. The summed E-state index contributed by atoms with van der Waals surface area (Å²) in [5.41, 5.74) is 3.61. The molecule has 0 unspecified atom stereocenters. The van der Waals surface area contributed by atoms with Crippen molar-refractivity contribution >= 4 is 58.5 Å². The molecule has 0 aromatic carbocycles. The topological polar surface area (TPSA) is 128 Å². The van der Waals surface area contributed by atoms with Crippen LogP contribution in [0.3, 0.4) is 0 Å². The zero-order valence-electron chi connectivity index (χ0n) is 17.3. The number of aromatic nitrogens is 4. The number of pyridine rings is 2. The Labute approximate surface area is 203 Å². The largest absolute Gasteiger partial charge is 0.453 e. The third kappa shape index (κ3) is 7.14. The molecule has 33 heavy (non-hydrogen) atoms. The average Bonchev–Trinajstić information content (AvgIpc) is 2.79. The van der Waals surface area contributed by atoms with Crippen LogP contribution in [0, 0.1) is 6.92 Å². The van der Waals surface area contributed by atoms with Crippen LogP contribution in [0.1, 0.15) is 5.69 Å². The number of alkyl halides is 3. The first-order valence-electron chi connectivity index (χ1n) is 9.26. The molecule has 0 atom stereocenters. The molecule has 0 saturated heterocycles. The minimum absolute atomic E-state index is 0.315. The predicted octanol–water partition coefficient (Wildman–Crippen LogP) is 5.01. The highest BCUT2D eigenvalue weighted by molar-refractivity contribution is 6.67. The van der Waals surface area contributed by atoms with Gasteiger partial charge in [-0.15, -0.1) is 0 Å². The van der Waals surface area contributed by atoms with Gasteiger partial charge in [0.15, 0.2) is 0 Å². The minimum Gasteiger partial charge on any atom is -0.453 e. The van der Waals surface area contributed by atoms with Gasteiger partial charge in [0.1, 0.15) is 12.4 Å². The molecule has 0 spiro atoms. The van der Waals surface area contributed by atoms with Crippen molar-refractivity contribution in [1.29, 1.82) is 0 Å². The Kier molecular flexibility index (Phi) is 7.85. The van der Waals surface area contributed by atoms with Crippen molar-refractivity contribution < 1.29 is 19.1 Å². The van der Waals surface area contributed by atoms with Crippen molar-refractivity contribution in [3.8, 4) is 22.4 Å². The van der Waals surface area contributed by atoms with Gasteiger partial charge in [-0.1, -0.05) is 34.8 Å². The molecule has 0 aliphatic rings. The maximum atomic E-state index is 12.0. The van der Waals surface area contributed by atoms with E-state index < -0.39 is 22.6 Å². The highest BCUT2D eigenvalue weighted by atomic mass is 35.6. The molecule has 172 valence electrons. The number of amides is 2. The van der Waals surface area contributed by atoms with Crippen LogP contribution >= 0.6 is 34.8 Å². The van der Waals surface area contributed by atoms with Crippen LogP contribution in [-0.4, -0.2) is 49.9 Å². The summed E-state index contributed by atoms with van der Waals surface area (Å²) in [5.74, 6) is 0.315. The molecule has 3 rings (SSSR count). The van der Waals surface area contributed by atoms with E-state index in [1.165, 1.54) is 13.3 Å². The Bertz CT molecular complexity index is 1170. The Balaban J connectivity index is 1.84. The second kappa shape index (κ2) is 10.6. The van der Waals surface area contributed by atoms with Gasteiger partial charge in [0.2, 0.25) is 3.79 Å². The second-order valence-electron chi connectivity index (χ2n) is 6.55. The van der Waals surface area contributed by atoms with E-state index in [4.69, 9.17) is 39.5 Å². The molecular weight excluding hydrogens is 495 g/mol. The van der Waals surface area contributed by atoms with Crippen LogP contribution in [0.25, 0.3) is 22.4 Å². The lowest BCUT2D eigenvalue weighted by Crippen LogP contribution is -2.21. The lowest BCUT2D eigenvalue weighted by Gasteiger charge is -2.13. The summed E-state index contributed by atoms with van der Waals surface area (Å²) in [7, 11) is 1.26. The molecule has 3 aromatic heterocycles. The summed E-state index contributed by atoms with van der Waals surface area (Å²) < 4.78 is 7.73. The standard InChI is InChI=1S/C20H17Cl3N6O4/c1-11-15(7-14(9-25-11)27-19(31)33-10-20(21,22)23)16-5-13(8-26-29-16)12-3-4-24-17(6-12)28-18(30)32-2/h3-9H,10H2,1-2H3,(H,27,31)(H,24,28,30). The van der Waals surface area contributed by atoms with Crippen molar-refractivity contribution in [3.05, 3.63) is 48.5 Å². The van der Waals surface area contributed by atoms with Crippen LogP contribution in [0.4, 0.5) is 21.1 Å². The summed E-state index contributed by atoms with van der Waals surface area (Å²) in [4.78, 5) is 31.8. The van der Waals surface area contributed by atoms with Crippen molar-refractivity contribution in [3.63, 3.8) is 0 Å². The number of ether oxygens (including phenoxy) is 2. The summed E-state index contributed by atoms with van der Waals surface area (Å²) in [5, 5.41) is 13.3. The van der Waals surface area contributed by atoms with Gasteiger partial charge < -0.3 is 9.47 Å². The van der Waals surface area contributed by atoms with Crippen LogP contribution in [0.15, 0.2) is 42.9 Å². The first-order valence-corrected chi connectivity index (χ1v) is 10.4. The molecular formula is C20H17Cl3N6O4. The minimum atomic E-state index is -1.72. The first-order chi connectivity index (χ1) is 15.6. The Morgan fingerprint density at radius 3 is 2.55 bits per heavy atom. The molecule has 0 aliphatic heterocycles. The van der Waals surface area contributed by atoms with Gasteiger partial charge in [0, 0.05) is 23.0 Å². The fraction of sp³-hybridized carbons (Fsp3) is 0.200. The summed E-state index contributed by atoms with van der Waals surface area (Å²) in [6, 6.07) is 6.89. The summed E-state index contributed by atoms with van der Waals surface area (Å²) in [6.07, 6.45) is 3.13. The smallest absolute Gasteiger partial charge is 0.412 e. The maximum Gasteiger partial charge on any atom is 0.412 e. The number of aryl methyl sites for hydroxylation is 1. The molecule has 0 saturated carbocycles. The van der Waals surface area contributed by atoms with Gasteiger partial charge in [0.05, 0.1) is 30.9 Å². The van der Waals surface area contributed by atoms with E-state index in [9.17, 15) is 9.59 Å². The van der Waals surface area contributed by atoms with E-state index in [0.29, 0.717) is 28.5 Å². The van der Waals surface area contributed by atoms with Crippen molar-refractivity contribution in [2.24, 2.45) is 0 Å².